The molecule has 0 atom stereocenters. The Bertz CT molecular complexity index is 1420. The molecule has 0 spiro atoms. The second-order valence-electron chi connectivity index (χ2n) is 8.10. The number of nitrogens with zero attached hydrogens (tertiary/aromatic N) is 1. The highest BCUT2D eigenvalue weighted by Crippen LogP contribution is 2.33. The van der Waals surface area contributed by atoms with E-state index in [4.69, 9.17) is 0 Å². The van der Waals surface area contributed by atoms with Gasteiger partial charge in [-0.05, 0) is 66.5 Å². The summed E-state index contributed by atoms with van der Waals surface area (Å²) in [6.45, 7) is 16.3. The van der Waals surface area contributed by atoms with Crippen molar-refractivity contribution >= 4 is 28.6 Å². The molecule has 4 aromatic rings. The third kappa shape index (κ3) is 4.31. The number of aromatic nitrogens is 1. The van der Waals surface area contributed by atoms with Gasteiger partial charge >= 0.3 is 0 Å². The molecule has 0 radical (unpaired) electrons. The molecule has 0 aliphatic rings. The van der Waals surface area contributed by atoms with Gasteiger partial charge in [-0.3, -0.25) is 0 Å². The predicted octanol–water partition coefficient (Wildman–Crippen LogP) is 9.12. The van der Waals surface area contributed by atoms with Crippen molar-refractivity contribution in [3.63, 3.8) is 0 Å². The van der Waals surface area contributed by atoms with Gasteiger partial charge in [-0.2, -0.15) is 0 Å². The number of hydrogen-bond acceptors (Lipinski definition) is 0. The molecule has 1 nitrogen and oxygen atoms in total. The molecule has 1 heterocycles. The summed E-state index contributed by atoms with van der Waals surface area (Å²) in [5.74, 6) is 0. The van der Waals surface area contributed by atoms with Crippen molar-refractivity contribution in [1.29, 1.82) is 0 Å². The first-order valence-electron chi connectivity index (χ1n) is 11.2. The third-order valence-electron chi connectivity index (χ3n) is 5.87. The molecule has 4 rings (SSSR count). The normalized spacial score (nSPS) is 11.8. The minimum absolute atomic E-state index is 0.978. The van der Waals surface area contributed by atoms with Gasteiger partial charge in [0.2, 0.25) is 0 Å². The van der Waals surface area contributed by atoms with E-state index in [0.29, 0.717) is 0 Å². The number of rotatable bonds is 7. The van der Waals surface area contributed by atoms with Gasteiger partial charge in [0.1, 0.15) is 0 Å². The summed E-state index contributed by atoms with van der Waals surface area (Å²) in [6, 6.07) is 25.7. The molecule has 162 valence electrons. The summed E-state index contributed by atoms with van der Waals surface area (Å²) in [5, 5.41) is 1.22. The van der Waals surface area contributed by atoms with Crippen LogP contribution in [0.2, 0.25) is 0 Å². The fourth-order valence-corrected chi connectivity index (χ4v) is 4.25. The molecule has 1 aromatic heterocycles. The Labute approximate surface area is 197 Å². The summed E-state index contributed by atoms with van der Waals surface area (Å²) in [7, 11) is 0. The van der Waals surface area contributed by atoms with Crippen molar-refractivity contribution in [3.8, 4) is 16.8 Å². The van der Waals surface area contributed by atoms with Crippen LogP contribution in [0.4, 0.5) is 0 Å². The van der Waals surface area contributed by atoms with Crippen LogP contribution >= 0.6 is 0 Å². The van der Waals surface area contributed by atoms with Crippen molar-refractivity contribution in [2.45, 2.75) is 13.8 Å². The Hall–Kier alpha value is -4.10. The summed E-state index contributed by atoms with van der Waals surface area (Å²) in [6.07, 6.45) is 10.1. The standard InChI is InChI=1S/C32H29N/c1-6-13-29-30-18-9-10-19-32(30)33(31(29)8-3)28-17-12-16-27(22-28)26-15-11-14-25(21-26)24(5)20-23(4)7-2/h6-22H,2-3,5H2,1,4H3/b13-6-,23-20-. The Morgan fingerprint density at radius 2 is 1.61 bits per heavy atom. The highest BCUT2D eigenvalue weighted by molar-refractivity contribution is 5.95. The van der Waals surface area contributed by atoms with Gasteiger partial charge < -0.3 is 4.57 Å². The maximum absolute atomic E-state index is 4.24. The van der Waals surface area contributed by atoms with E-state index in [1.54, 1.807) is 0 Å². The molecule has 0 N–H and O–H groups in total. The van der Waals surface area contributed by atoms with E-state index >= 15 is 0 Å². The molecule has 3 aromatic carbocycles. The van der Waals surface area contributed by atoms with Crippen LogP contribution < -0.4 is 0 Å². The van der Waals surface area contributed by atoms with Gasteiger partial charge in [0, 0.05) is 16.6 Å². The van der Waals surface area contributed by atoms with Crippen LogP contribution in [-0.2, 0) is 0 Å². The van der Waals surface area contributed by atoms with Crippen LogP contribution in [0.5, 0.6) is 0 Å². The highest BCUT2D eigenvalue weighted by Gasteiger charge is 2.15. The van der Waals surface area contributed by atoms with Crippen LogP contribution in [0, 0.1) is 0 Å². The van der Waals surface area contributed by atoms with Crippen molar-refractivity contribution < 1.29 is 0 Å². The van der Waals surface area contributed by atoms with Crippen LogP contribution in [0.25, 0.3) is 45.4 Å². The molecule has 0 aliphatic heterocycles. The lowest BCUT2D eigenvalue weighted by Gasteiger charge is -2.12. The van der Waals surface area contributed by atoms with Gasteiger partial charge in [-0.1, -0.05) is 98.1 Å². The predicted molar refractivity (Wildman–Crippen MR) is 146 cm³/mol. The Balaban J connectivity index is 1.85. The van der Waals surface area contributed by atoms with Crippen LogP contribution in [0.15, 0.2) is 116 Å². The monoisotopic (exact) mass is 427 g/mol. The Kier molecular flexibility index (Phi) is 6.42. The van der Waals surface area contributed by atoms with Crippen LogP contribution in [-0.4, -0.2) is 4.57 Å². The number of fused-ring (bicyclic) bond motifs is 1. The van der Waals surface area contributed by atoms with Gasteiger partial charge in [0.05, 0.1) is 11.2 Å². The van der Waals surface area contributed by atoms with Crippen LogP contribution in [0.1, 0.15) is 30.7 Å². The molecule has 1 heteroatoms. The largest absolute Gasteiger partial charge is 0.309 e. The maximum atomic E-state index is 4.24. The van der Waals surface area contributed by atoms with Gasteiger partial charge in [0.15, 0.2) is 0 Å². The first kappa shape index (κ1) is 22.1. The minimum Gasteiger partial charge on any atom is -0.309 e. The van der Waals surface area contributed by atoms with Crippen molar-refractivity contribution in [2.75, 3.05) is 0 Å². The quantitative estimate of drug-likeness (QED) is 0.259. The van der Waals surface area contributed by atoms with E-state index in [1.165, 1.54) is 16.5 Å². The second kappa shape index (κ2) is 9.58. The zero-order chi connectivity index (χ0) is 23.4. The summed E-state index contributed by atoms with van der Waals surface area (Å²) in [5.41, 5.74) is 10.1. The molecule has 0 amide bonds. The number of benzene rings is 3. The fraction of sp³-hybridized carbons (Fsp3) is 0.0625. The molecule has 0 bridgehead atoms. The molecule has 0 unspecified atom stereocenters. The maximum Gasteiger partial charge on any atom is 0.0541 e. The van der Waals surface area contributed by atoms with Crippen molar-refractivity contribution in [3.05, 3.63) is 133 Å². The van der Waals surface area contributed by atoms with Crippen LogP contribution in [0.3, 0.4) is 0 Å². The first-order chi connectivity index (χ1) is 16.1. The van der Waals surface area contributed by atoms with Gasteiger partial charge in [-0.25, -0.2) is 0 Å². The summed E-state index contributed by atoms with van der Waals surface area (Å²) >= 11 is 0. The summed E-state index contributed by atoms with van der Waals surface area (Å²) in [4.78, 5) is 0. The number of hydrogen-bond donors (Lipinski definition) is 0. The molecule has 33 heavy (non-hydrogen) atoms. The zero-order valence-electron chi connectivity index (χ0n) is 19.4. The zero-order valence-corrected chi connectivity index (χ0v) is 19.4. The lowest BCUT2D eigenvalue weighted by Crippen LogP contribution is -1.97. The molecular formula is C32H29N. The fourth-order valence-electron chi connectivity index (χ4n) is 4.25. The smallest absolute Gasteiger partial charge is 0.0541 e. The van der Waals surface area contributed by atoms with Crippen molar-refractivity contribution in [1.82, 2.24) is 4.57 Å². The van der Waals surface area contributed by atoms with E-state index in [0.717, 1.165) is 39.2 Å². The van der Waals surface area contributed by atoms with E-state index in [-0.39, 0.29) is 0 Å². The molecule has 0 saturated heterocycles. The molecule has 0 fully saturated rings. The Morgan fingerprint density at radius 1 is 0.879 bits per heavy atom. The van der Waals surface area contributed by atoms with Gasteiger partial charge in [0.25, 0.3) is 0 Å². The van der Waals surface area contributed by atoms with E-state index in [2.05, 4.69) is 115 Å². The summed E-state index contributed by atoms with van der Waals surface area (Å²) < 4.78 is 2.29. The minimum atomic E-state index is 0.978. The third-order valence-corrected chi connectivity index (χ3v) is 5.87. The average Bonchev–Trinajstić information content (AvgIpc) is 3.17. The second-order valence-corrected chi connectivity index (χ2v) is 8.10. The van der Waals surface area contributed by atoms with Gasteiger partial charge in [-0.15, -0.1) is 0 Å². The Morgan fingerprint density at radius 3 is 2.33 bits per heavy atom. The lowest BCUT2D eigenvalue weighted by atomic mass is 9.98. The van der Waals surface area contributed by atoms with E-state index in [1.807, 2.05) is 26.0 Å². The van der Waals surface area contributed by atoms with Crippen molar-refractivity contribution in [2.24, 2.45) is 0 Å². The number of allylic oxidation sites excluding steroid dienone is 5. The number of para-hydroxylation sites is 1. The topological polar surface area (TPSA) is 4.93 Å². The molecular weight excluding hydrogens is 398 g/mol. The highest BCUT2D eigenvalue weighted by atomic mass is 15.0. The SMILES string of the molecule is C=C/C(C)=C\C(=C)c1cccc(-c2cccc(-n3c(C=C)c(/C=C\C)c4ccccc43)c2)c1. The lowest BCUT2D eigenvalue weighted by molar-refractivity contribution is 1.11. The van der Waals surface area contributed by atoms with E-state index < -0.39 is 0 Å². The van der Waals surface area contributed by atoms with E-state index in [9.17, 15) is 0 Å². The molecule has 0 aliphatic carbocycles. The average molecular weight is 428 g/mol. The molecule has 0 saturated carbocycles. The first-order valence-corrected chi connectivity index (χ1v) is 11.2.